The molecule has 2 aromatic carbocycles. The van der Waals surface area contributed by atoms with E-state index in [1.807, 2.05) is 47.4 Å². The lowest BCUT2D eigenvalue weighted by Gasteiger charge is -2.43. The standard InChI is InChI=1S/C30H36N4O2S/c35-29(22-8-4-5-9-22)33-16-14-24(15-17-33)32-18-20-34(21-19-32)30(36)27-25-12-6-7-13-26(25)37-28(27)31-23-10-2-1-3-11-23/h1-3,6-7,10-13,22,24,31H,4-5,8-9,14-21H2. The molecular weight excluding hydrogens is 480 g/mol. The number of para-hydroxylation sites is 1. The Hall–Kier alpha value is -2.90. The summed E-state index contributed by atoms with van der Waals surface area (Å²) in [5.41, 5.74) is 1.78. The van der Waals surface area contributed by atoms with Crippen molar-refractivity contribution in [3.63, 3.8) is 0 Å². The van der Waals surface area contributed by atoms with Gasteiger partial charge in [0.1, 0.15) is 5.00 Å². The zero-order valence-electron chi connectivity index (χ0n) is 21.4. The smallest absolute Gasteiger partial charge is 0.257 e. The predicted octanol–water partition coefficient (Wildman–Crippen LogP) is 5.58. The second-order valence-electron chi connectivity index (χ2n) is 10.7. The number of rotatable bonds is 5. The number of amides is 2. The summed E-state index contributed by atoms with van der Waals surface area (Å²) in [7, 11) is 0. The molecule has 0 spiro atoms. The molecule has 3 aromatic rings. The Labute approximate surface area is 223 Å². The summed E-state index contributed by atoms with van der Waals surface area (Å²) in [6, 6.07) is 18.8. The number of nitrogens with one attached hydrogen (secondary N) is 1. The fourth-order valence-corrected chi connectivity index (χ4v) is 7.44. The van der Waals surface area contributed by atoms with Crippen LogP contribution < -0.4 is 5.32 Å². The van der Waals surface area contributed by atoms with Crippen molar-refractivity contribution in [3.05, 3.63) is 60.2 Å². The molecule has 6 nitrogen and oxygen atoms in total. The number of hydrogen-bond donors (Lipinski definition) is 1. The van der Waals surface area contributed by atoms with Gasteiger partial charge in [-0.05, 0) is 43.9 Å². The van der Waals surface area contributed by atoms with Gasteiger partial charge in [-0.1, -0.05) is 49.2 Å². The first-order chi connectivity index (χ1) is 18.2. The van der Waals surface area contributed by atoms with Crippen molar-refractivity contribution in [2.24, 2.45) is 5.92 Å². The molecule has 2 saturated heterocycles. The van der Waals surface area contributed by atoms with E-state index in [0.29, 0.717) is 11.9 Å². The zero-order chi connectivity index (χ0) is 25.2. The SMILES string of the molecule is O=C(c1c(Nc2ccccc2)sc2ccccc12)N1CCN(C2CCN(C(=O)C3CCCC3)CC2)CC1. The number of benzene rings is 2. The fraction of sp³-hybridized carbons (Fsp3) is 0.467. The first-order valence-corrected chi connectivity index (χ1v) is 14.6. The maximum absolute atomic E-state index is 13.8. The topological polar surface area (TPSA) is 55.9 Å². The van der Waals surface area contributed by atoms with Gasteiger partial charge >= 0.3 is 0 Å². The van der Waals surface area contributed by atoms with Crippen LogP contribution in [-0.2, 0) is 4.79 Å². The highest BCUT2D eigenvalue weighted by Crippen LogP contribution is 2.38. The lowest BCUT2D eigenvalue weighted by molar-refractivity contribution is -0.137. The number of anilines is 2. The Morgan fingerprint density at radius 3 is 2.16 bits per heavy atom. The minimum absolute atomic E-state index is 0.118. The van der Waals surface area contributed by atoms with E-state index in [9.17, 15) is 9.59 Å². The summed E-state index contributed by atoms with van der Waals surface area (Å²) in [5, 5.41) is 5.45. The molecule has 0 bridgehead atoms. The molecule has 7 heteroatoms. The Morgan fingerprint density at radius 2 is 1.43 bits per heavy atom. The molecule has 1 aliphatic carbocycles. The molecule has 3 heterocycles. The maximum Gasteiger partial charge on any atom is 0.257 e. The maximum atomic E-state index is 13.8. The predicted molar refractivity (Wildman–Crippen MR) is 151 cm³/mol. The first kappa shape index (κ1) is 24.4. The van der Waals surface area contributed by atoms with Crippen LogP contribution in [0.4, 0.5) is 10.7 Å². The van der Waals surface area contributed by atoms with Gasteiger partial charge in [0.2, 0.25) is 5.91 Å². The summed E-state index contributed by atoms with van der Waals surface area (Å²) < 4.78 is 1.13. The van der Waals surface area contributed by atoms with E-state index >= 15 is 0 Å². The van der Waals surface area contributed by atoms with Gasteiger partial charge in [-0.3, -0.25) is 14.5 Å². The van der Waals surface area contributed by atoms with Crippen LogP contribution in [-0.4, -0.2) is 71.8 Å². The van der Waals surface area contributed by atoms with Gasteiger partial charge in [0, 0.05) is 67.0 Å². The van der Waals surface area contributed by atoms with E-state index in [0.717, 1.165) is 91.3 Å². The largest absolute Gasteiger partial charge is 0.347 e. The van der Waals surface area contributed by atoms with E-state index in [1.54, 1.807) is 11.3 Å². The van der Waals surface area contributed by atoms with Gasteiger partial charge in [-0.15, -0.1) is 11.3 Å². The lowest BCUT2D eigenvalue weighted by Crippen LogP contribution is -2.55. The molecule has 3 aliphatic rings. The van der Waals surface area contributed by atoms with E-state index in [-0.39, 0.29) is 11.8 Å². The highest BCUT2D eigenvalue weighted by molar-refractivity contribution is 7.23. The van der Waals surface area contributed by atoms with Gasteiger partial charge in [0.15, 0.2) is 0 Å². The van der Waals surface area contributed by atoms with E-state index in [1.165, 1.54) is 12.8 Å². The molecule has 1 saturated carbocycles. The van der Waals surface area contributed by atoms with Gasteiger partial charge in [-0.25, -0.2) is 0 Å². The molecular formula is C30H36N4O2S. The third-order valence-corrected chi connectivity index (χ3v) is 9.53. The van der Waals surface area contributed by atoms with Gasteiger partial charge in [0.25, 0.3) is 5.91 Å². The van der Waals surface area contributed by atoms with Gasteiger partial charge < -0.3 is 15.1 Å². The van der Waals surface area contributed by atoms with Crippen LogP contribution in [0.3, 0.4) is 0 Å². The number of likely N-dealkylation sites (tertiary alicyclic amines) is 1. The molecule has 1 aromatic heterocycles. The minimum Gasteiger partial charge on any atom is -0.347 e. The summed E-state index contributed by atoms with van der Waals surface area (Å²) >= 11 is 1.64. The van der Waals surface area contributed by atoms with E-state index < -0.39 is 0 Å². The molecule has 0 radical (unpaired) electrons. The molecule has 0 atom stereocenters. The molecule has 1 N–H and O–H groups in total. The van der Waals surface area contributed by atoms with Crippen LogP contribution in [0, 0.1) is 5.92 Å². The van der Waals surface area contributed by atoms with Crippen molar-refractivity contribution in [1.29, 1.82) is 0 Å². The molecule has 194 valence electrons. The van der Waals surface area contributed by atoms with E-state index in [4.69, 9.17) is 0 Å². The Morgan fingerprint density at radius 1 is 0.757 bits per heavy atom. The molecule has 2 aliphatic heterocycles. The number of piperazine rings is 1. The monoisotopic (exact) mass is 516 g/mol. The molecule has 2 amide bonds. The van der Waals surface area contributed by atoms with Crippen LogP contribution >= 0.6 is 11.3 Å². The Balaban J connectivity index is 1.09. The van der Waals surface area contributed by atoms with Crippen molar-refractivity contribution in [3.8, 4) is 0 Å². The summed E-state index contributed by atoms with van der Waals surface area (Å²) in [5.74, 6) is 0.794. The first-order valence-electron chi connectivity index (χ1n) is 13.8. The van der Waals surface area contributed by atoms with Crippen LogP contribution in [0.25, 0.3) is 10.1 Å². The number of thiophene rings is 1. The van der Waals surface area contributed by atoms with Crippen molar-refractivity contribution >= 4 is 43.9 Å². The number of carbonyl (C=O) groups is 2. The number of hydrogen-bond acceptors (Lipinski definition) is 5. The van der Waals surface area contributed by atoms with Crippen LogP contribution in [0.15, 0.2) is 54.6 Å². The second kappa shape index (κ2) is 10.8. The quantitative estimate of drug-likeness (QED) is 0.481. The van der Waals surface area contributed by atoms with E-state index in [2.05, 4.69) is 27.2 Å². The average Bonchev–Trinajstić information content (AvgIpc) is 3.61. The third kappa shape index (κ3) is 5.12. The van der Waals surface area contributed by atoms with Crippen LogP contribution in [0.1, 0.15) is 48.9 Å². The Kier molecular flexibility index (Phi) is 7.16. The summed E-state index contributed by atoms with van der Waals surface area (Å²) in [6.45, 7) is 5.06. The van der Waals surface area contributed by atoms with Crippen LogP contribution in [0.2, 0.25) is 0 Å². The van der Waals surface area contributed by atoms with Crippen molar-refractivity contribution in [2.75, 3.05) is 44.6 Å². The number of carbonyl (C=O) groups excluding carboxylic acids is 2. The number of nitrogens with zero attached hydrogens (tertiary/aromatic N) is 3. The van der Waals surface area contributed by atoms with Gasteiger partial charge in [0.05, 0.1) is 5.56 Å². The third-order valence-electron chi connectivity index (χ3n) is 8.44. The minimum atomic E-state index is 0.118. The lowest BCUT2D eigenvalue weighted by atomic mass is 9.99. The van der Waals surface area contributed by atoms with Gasteiger partial charge in [-0.2, -0.15) is 0 Å². The normalized spacial score (nSPS) is 20.0. The van der Waals surface area contributed by atoms with Crippen LogP contribution in [0.5, 0.6) is 0 Å². The average molecular weight is 517 g/mol. The fourth-order valence-electron chi connectivity index (χ4n) is 6.33. The Bertz CT molecular complexity index is 1240. The summed E-state index contributed by atoms with van der Waals surface area (Å²) in [4.78, 5) is 33.4. The molecule has 3 fully saturated rings. The highest BCUT2D eigenvalue weighted by Gasteiger charge is 2.34. The van der Waals surface area contributed by atoms with Crippen molar-refractivity contribution in [2.45, 2.75) is 44.6 Å². The van der Waals surface area contributed by atoms with Crippen molar-refractivity contribution in [1.82, 2.24) is 14.7 Å². The molecule has 6 rings (SSSR count). The second-order valence-corrected chi connectivity index (χ2v) is 11.7. The highest BCUT2D eigenvalue weighted by atomic mass is 32.1. The molecule has 0 unspecified atom stereocenters. The summed E-state index contributed by atoms with van der Waals surface area (Å²) in [6.07, 6.45) is 6.68. The molecule has 37 heavy (non-hydrogen) atoms. The zero-order valence-corrected chi connectivity index (χ0v) is 22.2. The number of fused-ring (bicyclic) bond motifs is 1. The van der Waals surface area contributed by atoms with Crippen molar-refractivity contribution < 1.29 is 9.59 Å². The number of piperidine rings is 1.